The lowest BCUT2D eigenvalue weighted by Crippen LogP contribution is -2.00. The van der Waals surface area contributed by atoms with Crippen LogP contribution in [0.25, 0.3) is 0 Å². The number of anilines is 1. The van der Waals surface area contributed by atoms with E-state index in [0.29, 0.717) is 23.0 Å². The first-order valence-corrected chi connectivity index (χ1v) is 5.84. The highest BCUT2D eigenvalue weighted by Gasteiger charge is 2.06. The van der Waals surface area contributed by atoms with E-state index in [-0.39, 0.29) is 0 Å². The molecule has 0 atom stereocenters. The third-order valence-electron chi connectivity index (χ3n) is 2.60. The summed E-state index contributed by atoms with van der Waals surface area (Å²) in [5, 5.41) is 12.4. The molecule has 0 amide bonds. The summed E-state index contributed by atoms with van der Waals surface area (Å²) in [5.41, 5.74) is 2.18. The number of aryl methyl sites for hydroxylation is 2. The van der Waals surface area contributed by atoms with Gasteiger partial charge in [0.05, 0.1) is 34.6 Å². The van der Waals surface area contributed by atoms with E-state index in [4.69, 9.17) is 21.3 Å². The molecule has 2 aromatic rings. The van der Waals surface area contributed by atoms with E-state index >= 15 is 0 Å². The standard InChI is InChI=1S/C13H12ClN3O/c1-8-9(2)18-13(17-8)7-16-12-4-3-10(6-15)5-11(12)14/h3-5,16H,7H2,1-2H3. The number of oxazole rings is 1. The summed E-state index contributed by atoms with van der Waals surface area (Å²) in [6.07, 6.45) is 0. The van der Waals surface area contributed by atoms with Gasteiger partial charge in [-0.05, 0) is 32.0 Å². The lowest BCUT2D eigenvalue weighted by atomic mass is 10.2. The highest BCUT2D eigenvalue weighted by Crippen LogP contribution is 2.23. The Kier molecular flexibility index (Phi) is 3.54. The molecule has 0 spiro atoms. The van der Waals surface area contributed by atoms with E-state index in [1.807, 2.05) is 19.9 Å². The Morgan fingerprint density at radius 1 is 1.44 bits per heavy atom. The summed E-state index contributed by atoms with van der Waals surface area (Å²) in [5.74, 6) is 1.43. The van der Waals surface area contributed by atoms with Gasteiger partial charge in [-0.25, -0.2) is 4.98 Å². The molecule has 5 heteroatoms. The Labute approximate surface area is 110 Å². The zero-order valence-corrected chi connectivity index (χ0v) is 10.9. The fourth-order valence-electron chi connectivity index (χ4n) is 1.51. The minimum Gasteiger partial charge on any atom is -0.444 e. The molecule has 1 N–H and O–H groups in total. The molecule has 0 radical (unpaired) electrons. The first-order valence-electron chi connectivity index (χ1n) is 5.46. The molecule has 0 saturated heterocycles. The molecule has 1 aromatic heterocycles. The van der Waals surface area contributed by atoms with E-state index < -0.39 is 0 Å². The summed E-state index contributed by atoms with van der Waals surface area (Å²) in [4.78, 5) is 4.26. The molecule has 1 aromatic carbocycles. The second-order valence-corrected chi connectivity index (χ2v) is 4.32. The predicted octanol–water partition coefficient (Wildman–Crippen LogP) is 3.43. The summed E-state index contributed by atoms with van der Waals surface area (Å²) >= 11 is 6.05. The Balaban J connectivity index is 2.09. The quantitative estimate of drug-likeness (QED) is 0.919. The Morgan fingerprint density at radius 3 is 2.78 bits per heavy atom. The number of rotatable bonds is 3. The van der Waals surface area contributed by atoms with Crippen LogP contribution >= 0.6 is 11.6 Å². The number of nitrogens with zero attached hydrogens (tertiary/aromatic N) is 2. The van der Waals surface area contributed by atoms with Crippen molar-refractivity contribution in [3.63, 3.8) is 0 Å². The van der Waals surface area contributed by atoms with Crippen LogP contribution in [0.2, 0.25) is 5.02 Å². The maximum absolute atomic E-state index is 8.74. The first kappa shape index (κ1) is 12.5. The molecule has 18 heavy (non-hydrogen) atoms. The van der Waals surface area contributed by atoms with Crippen LogP contribution in [0.4, 0.5) is 5.69 Å². The normalized spacial score (nSPS) is 10.1. The van der Waals surface area contributed by atoms with Crippen molar-refractivity contribution >= 4 is 17.3 Å². The molecular weight excluding hydrogens is 250 g/mol. The molecule has 0 aliphatic heterocycles. The zero-order chi connectivity index (χ0) is 13.1. The number of aromatic nitrogens is 1. The number of hydrogen-bond donors (Lipinski definition) is 1. The van der Waals surface area contributed by atoms with Crippen LogP contribution in [-0.4, -0.2) is 4.98 Å². The van der Waals surface area contributed by atoms with Crippen molar-refractivity contribution in [1.82, 2.24) is 4.98 Å². The largest absolute Gasteiger partial charge is 0.444 e. The summed E-state index contributed by atoms with van der Waals surface area (Å²) in [7, 11) is 0. The van der Waals surface area contributed by atoms with Crippen LogP contribution in [0, 0.1) is 25.2 Å². The van der Waals surface area contributed by atoms with Gasteiger partial charge in [0.15, 0.2) is 0 Å². The average molecular weight is 262 g/mol. The first-order chi connectivity index (χ1) is 8.60. The van der Waals surface area contributed by atoms with Gasteiger partial charge in [-0.1, -0.05) is 11.6 Å². The van der Waals surface area contributed by atoms with E-state index in [1.165, 1.54) is 0 Å². The van der Waals surface area contributed by atoms with E-state index in [2.05, 4.69) is 10.3 Å². The Bertz CT molecular complexity index is 594. The number of halogens is 1. The van der Waals surface area contributed by atoms with Crippen LogP contribution in [0.15, 0.2) is 22.6 Å². The maximum atomic E-state index is 8.74. The molecular formula is C13H12ClN3O. The van der Waals surface area contributed by atoms with Crippen LogP contribution < -0.4 is 5.32 Å². The highest BCUT2D eigenvalue weighted by molar-refractivity contribution is 6.33. The molecule has 0 saturated carbocycles. The molecule has 0 unspecified atom stereocenters. The van der Waals surface area contributed by atoms with Gasteiger partial charge in [0.1, 0.15) is 5.76 Å². The molecule has 0 aliphatic carbocycles. The fraction of sp³-hybridized carbons (Fsp3) is 0.231. The van der Waals surface area contributed by atoms with Crippen LogP contribution in [0.1, 0.15) is 22.9 Å². The molecule has 0 fully saturated rings. The van der Waals surface area contributed by atoms with E-state index in [0.717, 1.165) is 17.1 Å². The predicted molar refractivity (Wildman–Crippen MR) is 69.5 cm³/mol. The van der Waals surface area contributed by atoms with E-state index in [9.17, 15) is 0 Å². The average Bonchev–Trinajstić information content (AvgIpc) is 2.67. The van der Waals surface area contributed by atoms with Gasteiger partial charge in [0.25, 0.3) is 0 Å². The van der Waals surface area contributed by atoms with Crippen molar-refractivity contribution in [2.75, 3.05) is 5.32 Å². The molecule has 4 nitrogen and oxygen atoms in total. The number of hydrogen-bond acceptors (Lipinski definition) is 4. The fourth-order valence-corrected chi connectivity index (χ4v) is 1.76. The molecule has 0 bridgehead atoms. The Morgan fingerprint density at radius 2 is 2.22 bits per heavy atom. The van der Waals surface area contributed by atoms with Gasteiger partial charge in [0.2, 0.25) is 5.89 Å². The number of nitrogens with one attached hydrogen (secondary N) is 1. The van der Waals surface area contributed by atoms with Gasteiger partial charge >= 0.3 is 0 Å². The van der Waals surface area contributed by atoms with Gasteiger partial charge in [-0.2, -0.15) is 5.26 Å². The molecule has 1 heterocycles. The third-order valence-corrected chi connectivity index (χ3v) is 2.91. The van der Waals surface area contributed by atoms with Crippen molar-refractivity contribution in [2.45, 2.75) is 20.4 Å². The third kappa shape index (κ3) is 2.63. The van der Waals surface area contributed by atoms with Gasteiger partial charge in [-0.15, -0.1) is 0 Å². The molecule has 0 aliphatic rings. The Hall–Kier alpha value is -1.99. The zero-order valence-electron chi connectivity index (χ0n) is 10.1. The van der Waals surface area contributed by atoms with Gasteiger partial charge in [0, 0.05) is 0 Å². The molecule has 2 rings (SSSR count). The number of nitriles is 1. The van der Waals surface area contributed by atoms with Crippen LogP contribution in [0.5, 0.6) is 0 Å². The second kappa shape index (κ2) is 5.11. The lowest BCUT2D eigenvalue weighted by molar-refractivity contribution is 0.478. The van der Waals surface area contributed by atoms with Crippen molar-refractivity contribution in [1.29, 1.82) is 5.26 Å². The number of benzene rings is 1. The van der Waals surface area contributed by atoms with Gasteiger partial charge in [-0.3, -0.25) is 0 Å². The minimum absolute atomic E-state index is 0.459. The van der Waals surface area contributed by atoms with Crippen LogP contribution in [0.3, 0.4) is 0 Å². The summed E-state index contributed by atoms with van der Waals surface area (Å²) in [6, 6.07) is 7.13. The van der Waals surface area contributed by atoms with Crippen molar-refractivity contribution in [3.8, 4) is 6.07 Å². The minimum atomic E-state index is 0.459. The summed E-state index contributed by atoms with van der Waals surface area (Å²) < 4.78 is 5.45. The molecule has 92 valence electrons. The maximum Gasteiger partial charge on any atom is 0.213 e. The lowest BCUT2D eigenvalue weighted by Gasteiger charge is -2.06. The highest BCUT2D eigenvalue weighted by atomic mass is 35.5. The van der Waals surface area contributed by atoms with E-state index in [1.54, 1.807) is 18.2 Å². The topological polar surface area (TPSA) is 61.9 Å². The monoisotopic (exact) mass is 261 g/mol. The second-order valence-electron chi connectivity index (χ2n) is 3.91. The van der Waals surface area contributed by atoms with Crippen molar-refractivity contribution in [3.05, 3.63) is 46.1 Å². The van der Waals surface area contributed by atoms with Crippen molar-refractivity contribution < 1.29 is 4.42 Å². The SMILES string of the molecule is Cc1nc(CNc2ccc(C#N)cc2Cl)oc1C. The van der Waals surface area contributed by atoms with Gasteiger partial charge < -0.3 is 9.73 Å². The smallest absolute Gasteiger partial charge is 0.213 e. The van der Waals surface area contributed by atoms with Crippen LogP contribution in [-0.2, 0) is 6.54 Å². The summed E-state index contributed by atoms with van der Waals surface area (Å²) in [6.45, 7) is 4.23. The van der Waals surface area contributed by atoms with Crippen molar-refractivity contribution in [2.24, 2.45) is 0 Å².